The first-order valence-electron chi connectivity index (χ1n) is 5.05. The van der Waals surface area contributed by atoms with Crippen molar-refractivity contribution in [2.45, 2.75) is 20.0 Å². The van der Waals surface area contributed by atoms with Gasteiger partial charge in [-0.25, -0.2) is 0 Å². The van der Waals surface area contributed by atoms with Crippen LogP contribution in [-0.2, 0) is 6.18 Å². The number of alkyl halides is 3. The minimum absolute atomic E-state index is 0.0340. The first-order chi connectivity index (χ1) is 7.93. The molecule has 2 nitrogen and oxygen atoms in total. The molecular formula is C11H14BrF3O2. The predicted molar refractivity (Wildman–Crippen MR) is 63.1 cm³/mol. The molecule has 0 atom stereocenters. The first kappa shape index (κ1) is 16.2. The molecule has 0 saturated heterocycles. The molecule has 17 heavy (non-hydrogen) atoms. The first-order valence-corrected chi connectivity index (χ1v) is 5.84. The molecular weight excluding hydrogens is 301 g/mol. The van der Waals surface area contributed by atoms with Crippen LogP contribution in [0.4, 0.5) is 13.2 Å². The molecule has 0 spiro atoms. The molecule has 1 N–H and O–H groups in total. The van der Waals surface area contributed by atoms with Gasteiger partial charge in [-0.2, -0.15) is 13.2 Å². The highest BCUT2D eigenvalue weighted by atomic mass is 79.9. The highest BCUT2D eigenvalue weighted by Gasteiger charge is 2.31. The molecule has 1 rings (SSSR count). The summed E-state index contributed by atoms with van der Waals surface area (Å²) in [7, 11) is 0. The second-order valence-electron chi connectivity index (χ2n) is 2.75. The molecule has 0 aromatic heterocycles. The molecule has 0 aliphatic heterocycles. The normalized spacial score (nSPS) is 10.5. The fourth-order valence-corrected chi connectivity index (χ4v) is 1.45. The van der Waals surface area contributed by atoms with Gasteiger partial charge in [0.1, 0.15) is 12.4 Å². The van der Waals surface area contributed by atoms with Crippen molar-refractivity contribution in [3.8, 4) is 5.75 Å². The largest absolute Gasteiger partial charge is 0.491 e. The van der Waals surface area contributed by atoms with Gasteiger partial charge in [-0.1, -0.05) is 29.8 Å². The summed E-state index contributed by atoms with van der Waals surface area (Å²) in [4.78, 5) is 0. The monoisotopic (exact) mass is 314 g/mol. The third-order valence-electron chi connectivity index (χ3n) is 1.56. The quantitative estimate of drug-likeness (QED) is 0.918. The lowest BCUT2D eigenvalue weighted by molar-refractivity contribution is -0.137. The SMILES string of the molecule is CC.OCCOc1cc(Br)cc(C(F)(F)F)c1. The zero-order chi connectivity index (χ0) is 13.5. The zero-order valence-corrected chi connectivity index (χ0v) is 11.1. The zero-order valence-electron chi connectivity index (χ0n) is 9.51. The van der Waals surface area contributed by atoms with Crippen molar-refractivity contribution in [1.82, 2.24) is 0 Å². The Kier molecular flexibility index (Phi) is 7.22. The molecule has 6 heteroatoms. The molecule has 0 bridgehead atoms. The number of benzene rings is 1. The van der Waals surface area contributed by atoms with Crippen molar-refractivity contribution in [3.05, 3.63) is 28.2 Å². The molecule has 1 aromatic carbocycles. The topological polar surface area (TPSA) is 29.5 Å². The summed E-state index contributed by atoms with van der Waals surface area (Å²) >= 11 is 2.95. The predicted octanol–water partition coefficient (Wildman–Crippen LogP) is 3.87. The van der Waals surface area contributed by atoms with E-state index in [0.29, 0.717) is 0 Å². The van der Waals surface area contributed by atoms with E-state index in [9.17, 15) is 13.2 Å². The lowest BCUT2D eigenvalue weighted by atomic mass is 10.2. The Morgan fingerprint density at radius 2 is 1.82 bits per heavy atom. The summed E-state index contributed by atoms with van der Waals surface area (Å²) in [6.45, 7) is 3.72. The van der Waals surface area contributed by atoms with E-state index in [1.807, 2.05) is 13.8 Å². The number of ether oxygens (including phenoxy) is 1. The second-order valence-corrected chi connectivity index (χ2v) is 3.66. The van der Waals surface area contributed by atoms with Gasteiger partial charge in [0.25, 0.3) is 0 Å². The van der Waals surface area contributed by atoms with E-state index in [0.717, 1.165) is 12.1 Å². The lowest BCUT2D eigenvalue weighted by Crippen LogP contribution is -2.07. The van der Waals surface area contributed by atoms with Crippen molar-refractivity contribution >= 4 is 15.9 Å². The fourth-order valence-electron chi connectivity index (χ4n) is 0.973. The minimum Gasteiger partial charge on any atom is -0.491 e. The molecule has 1 aromatic rings. The van der Waals surface area contributed by atoms with Gasteiger partial charge in [-0.05, 0) is 18.2 Å². The van der Waals surface area contributed by atoms with Crippen LogP contribution >= 0.6 is 15.9 Å². The number of aliphatic hydroxyl groups is 1. The molecule has 0 fully saturated rings. The summed E-state index contributed by atoms with van der Waals surface area (Å²) in [6.07, 6.45) is -4.40. The Hall–Kier alpha value is -0.750. The summed E-state index contributed by atoms with van der Waals surface area (Å²) in [5.41, 5.74) is -0.787. The van der Waals surface area contributed by atoms with Crippen LogP contribution in [0.3, 0.4) is 0 Å². The third-order valence-corrected chi connectivity index (χ3v) is 2.02. The van der Waals surface area contributed by atoms with Crippen LogP contribution in [0.25, 0.3) is 0 Å². The van der Waals surface area contributed by atoms with E-state index in [2.05, 4.69) is 15.9 Å². The standard InChI is InChI=1S/C9H8BrF3O2.C2H6/c10-7-3-6(9(11,12)13)4-8(5-7)15-2-1-14;1-2/h3-5,14H,1-2H2;1-2H3. The highest BCUT2D eigenvalue weighted by Crippen LogP contribution is 2.34. The summed E-state index contributed by atoms with van der Waals surface area (Å²) in [6, 6.07) is 3.26. The van der Waals surface area contributed by atoms with E-state index in [4.69, 9.17) is 9.84 Å². The number of halogens is 4. The second kappa shape index (κ2) is 7.55. The van der Waals surface area contributed by atoms with Gasteiger partial charge in [0.05, 0.1) is 12.2 Å². The molecule has 0 heterocycles. The van der Waals surface area contributed by atoms with Crippen LogP contribution in [0.1, 0.15) is 19.4 Å². The lowest BCUT2D eigenvalue weighted by Gasteiger charge is -2.10. The number of rotatable bonds is 3. The molecule has 0 aliphatic carbocycles. The molecule has 98 valence electrons. The molecule has 0 unspecified atom stereocenters. The van der Waals surface area contributed by atoms with E-state index < -0.39 is 11.7 Å². The summed E-state index contributed by atoms with van der Waals surface area (Å²) in [5, 5.41) is 8.47. The highest BCUT2D eigenvalue weighted by molar-refractivity contribution is 9.10. The van der Waals surface area contributed by atoms with Gasteiger partial charge in [-0.3, -0.25) is 0 Å². The molecule has 0 aliphatic rings. The average molecular weight is 315 g/mol. The number of hydrogen-bond donors (Lipinski definition) is 1. The number of hydrogen-bond acceptors (Lipinski definition) is 2. The van der Waals surface area contributed by atoms with Crippen LogP contribution < -0.4 is 4.74 Å². The maximum atomic E-state index is 12.3. The van der Waals surface area contributed by atoms with E-state index >= 15 is 0 Å². The van der Waals surface area contributed by atoms with Gasteiger partial charge >= 0.3 is 6.18 Å². The van der Waals surface area contributed by atoms with Crippen LogP contribution in [0, 0.1) is 0 Å². The van der Waals surface area contributed by atoms with Gasteiger partial charge < -0.3 is 9.84 Å². The maximum absolute atomic E-state index is 12.3. The van der Waals surface area contributed by atoms with Crippen LogP contribution in [-0.4, -0.2) is 18.3 Å². The van der Waals surface area contributed by atoms with Crippen molar-refractivity contribution < 1.29 is 23.0 Å². The van der Waals surface area contributed by atoms with Gasteiger partial charge in [0.2, 0.25) is 0 Å². The molecule has 0 amide bonds. The van der Waals surface area contributed by atoms with Gasteiger partial charge in [0, 0.05) is 4.47 Å². The fraction of sp³-hybridized carbons (Fsp3) is 0.455. The van der Waals surface area contributed by atoms with Crippen LogP contribution in [0.2, 0.25) is 0 Å². The summed E-state index contributed by atoms with van der Waals surface area (Å²) < 4.78 is 42.2. The Labute approximate surface area is 107 Å². The Morgan fingerprint density at radius 1 is 1.24 bits per heavy atom. The smallest absolute Gasteiger partial charge is 0.416 e. The molecule has 0 saturated carbocycles. The van der Waals surface area contributed by atoms with Crippen molar-refractivity contribution in [3.63, 3.8) is 0 Å². The number of aliphatic hydroxyl groups excluding tert-OH is 1. The van der Waals surface area contributed by atoms with Crippen LogP contribution in [0.15, 0.2) is 22.7 Å². The Morgan fingerprint density at radius 3 is 2.29 bits per heavy atom. The van der Waals surface area contributed by atoms with Crippen molar-refractivity contribution in [2.24, 2.45) is 0 Å². The maximum Gasteiger partial charge on any atom is 0.416 e. The van der Waals surface area contributed by atoms with E-state index in [-0.39, 0.29) is 23.4 Å². The Bertz CT molecular complexity index is 340. The average Bonchev–Trinajstić information content (AvgIpc) is 2.27. The summed E-state index contributed by atoms with van der Waals surface area (Å²) in [5.74, 6) is 0.0748. The van der Waals surface area contributed by atoms with Gasteiger partial charge in [0.15, 0.2) is 0 Å². The van der Waals surface area contributed by atoms with Crippen LogP contribution in [0.5, 0.6) is 5.75 Å². The Balaban J connectivity index is 0.00000121. The van der Waals surface area contributed by atoms with E-state index in [1.54, 1.807) is 0 Å². The van der Waals surface area contributed by atoms with Gasteiger partial charge in [-0.15, -0.1) is 0 Å². The minimum atomic E-state index is -4.40. The van der Waals surface area contributed by atoms with Crippen molar-refractivity contribution in [1.29, 1.82) is 0 Å². The van der Waals surface area contributed by atoms with Crippen molar-refractivity contribution in [2.75, 3.05) is 13.2 Å². The van der Waals surface area contributed by atoms with E-state index in [1.165, 1.54) is 6.07 Å². The molecule has 0 radical (unpaired) electrons. The third kappa shape index (κ3) is 5.93.